The lowest BCUT2D eigenvalue weighted by molar-refractivity contribution is 0.1000. The van der Waals surface area contributed by atoms with Crippen LogP contribution >= 0.6 is 0 Å². The zero-order chi connectivity index (χ0) is 26.4. The molecule has 1 aliphatic rings. The normalized spacial score (nSPS) is 14.7. The fourth-order valence-electron chi connectivity index (χ4n) is 3.94. The van der Waals surface area contributed by atoms with E-state index in [1.54, 1.807) is 48.7 Å². The number of ether oxygens (including phenoxy) is 1. The molecule has 3 aromatic rings. The predicted octanol–water partition coefficient (Wildman–Crippen LogP) is 5.13. The fourth-order valence-corrected chi connectivity index (χ4v) is 3.94. The van der Waals surface area contributed by atoms with Crippen molar-refractivity contribution >= 4 is 29.1 Å². The Hall–Kier alpha value is -3.92. The van der Waals surface area contributed by atoms with E-state index in [-0.39, 0.29) is 23.1 Å². The molecule has 0 spiro atoms. The number of hydrogen-bond acceptors (Lipinski definition) is 7. The second-order valence-electron chi connectivity index (χ2n) is 10.1. The van der Waals surface area contributed by atoms with E-state index < -0.39 is 6.03 Å². The van der Waals surface area contributed by atoms with Crippen LogP contribution in [-0.2, 0) is 5.41 Å². The summed E-state index contributed by atoms with van der Waals surface area (Å²) in [5, 5.41) is 12.1. The number of benzene rings is 1. The second kappa shape index (κ2) is 11.4. The predicted molar refractivity (Wildman–Crippen MR) is 142 cm³/mol. The van der Waals surface area contributed by atoms with Crippen molar-refractivity contribution in [3.8, 4) is 5.75 Å². The van der Waals surface area contributed by atoms with Gasteiger partial charge in [0.1, 0.15) is 23.3 Å². The van der Waals surface area contributed by atoms with Gasteiger partial charge in [0.2, 0.25) is 0 Å². The molecular weight excluding hydrogens is 472 g/mol. The van der Waals surface area contributed by atoms with Crippen molar-refractivity contribution in [2.24, 2.45) is 0 Å². The summed E-state index contributed by atoms with van der Waals surface area (Å²) in [6.07, 6.45) is 3.65. The van der Waals surface area contributed by atoms with Gasteiger partial charge in [0, 0.05) is 48.2 Å². The third-order valence-corrected chi connectivity index (χ3v) is 6.14. The van der Waals surface area contributed by atoms with E-state index in [2.05, 4.69) is 37.9 Å². The van der Waals surface area contributed by atoms with E-state index in [4.69, 9.17) is 9.26 Å². The van der Waals surface area contributed by atoms with Crippen molar-refractivity contribution in [3.63, 3.8) is 0 Å². The van der Waals surface area contributed by atoms with Crippen LogP contribution in [0.2, 0.25) is 0 Å². The Morgan fingerprint density at radius 3 is 2.32 bits per heavy atom. The molecule has 10 nitrogen and oxygen atoms in total. The lowest BCUT2D eigenvalue weighted by atomic mass is 9.93. The number of amides is 3. The number of anilines is 3. The van der Waals surface area contributed by atoms with Gasteiger partial charge in [-0.1, -0.05) is 32.9 Å². The first kappa shape index (κ1) is 26.2. The lowest BCUT2D eigenvalue weighted by Crippen LogP contribution is -2.38. The van der Waals surface area contributed by atoms with Gasteiger partial charge >= 0.3 is 6.03 Å². The Morgan fingerprint density at radius 2 is 1.70 bits per heavy atom. The molecule has 4 rings (SSSR count). The van der Waals surface area contributed by atoms with Crippen LogP contribution in [-0.4, -0.2) is 52.7 Å². The maximum atomic E-state index is 12.7. The van der Waals surface area contributed by atoms with E-state index in [9.17, 15) is 9.59 Å². The molecular formula is C27H34N6O4. The molecule has 1 fully saturated rings. The molecule has 0 bridgehead atoms. The van der Waals surface area contributed by atoms with E-state index in [0.717, 1.165) is 32.5 Å². The van der Waals surface area contributed by atoms with Gasteiger partial charge in [0.15, 0.2) is 5.82 Å². The number of rotatable bonds is 7. The van der Waals surface area contributed by atoms with Gasteiger partial charge in [-0.25, -0.2) is 4.79 Å². The number of likely N-dealkylation sites (tertiary alicyclic amines) is 1. The summed E-state index contributed by atoms with van der Waals surface area (Å²) in [4.78, 5) is 31.6. The smallest absolute Gasteiger partial charge is 0.324 e. The summed E-state index contributed by atoms with van der Waals surface area (Å²) in [5.41, 5.74) is 1.19. The topological polar surface area (TPSA) is 122 Å². The summed E-state index contributed by atoms with van der Waals surface area (Å²) in [6, 6.07) is 11.5. The minimum atomic E-state index is -0.452. The standard InChI is InChI=1S/C27H34N6O4/c1-5-33-14-11-20(12-15-33)36-21-10-13-28-22(16-21)25(34)29-18-6-8-19(9-7-18)30-26(35)31-24-17-23(37-32-24)27(2,3)4/h6-10,13,16-17,20H,5,11-12,14-15H2,1-4H3,(H,29,34)(H2,30,31,32,35). The van der Waals surface area contributed by atoms with Crippen molar-refractivity contribution in [1.82, 2.24) is 15.0 Å². The first-order chi connectivity index (χ1) is 17.7. The molecule has 1 aliphatic heterocycles. The highest BCUT2D eigenvalue weighted by Gasteiger charge is 2.21. The third kappa shape index (κ3) is 7.29. The number of carbonyl (C=O) groups excluding carboxylic acids is 2. The second-order valence-corrected chi connectivity index (χ2v) is 10.1. The van der Waals surface area contributed by atoms with Gasteiger partial charge in [-0.3, -0.25) is 15.1 Å². The molecule has 0 unspecified atom stereocenters. The van der Waals surface area contributed by atoms with E-state index in [0.29, 0.717) is 28.7 Å². The van der Waals surface area contributed by atoms with Crippen molar-refractivity contribution in [2.45, 2.75) is 52.1 Å². The van der Waals surface area contributed by atoms with Crippen molar-refractivity contribution in [3.05, 3.63) is 60.1 Å². The van der Waals surface area contributed by atoms with Crippen LogP contribution in [0.5, 0.6) is 5.75 Å². The zero-order valence-electron chi connectivity index (χ0n) is 21.7. The lowest BCUT2D eigenvalue weighted by Gasteiger charge is -2.31. The highest BCUT2D eigenvalue weighted by molar-refractivity contribution is 6.03. The van der Waals surface area contributed by atoms with Gasteiger partial charge in [0.25, 0.3) is 5.91 Å². The Morgan fingerprint density at radius 1 is 1.03 bits per heavy atom. The van der Waals surface area contributed by atoms with Gasteiger partial charge in [0.05, 0.1) is 0 Å². The highest BCUT2D eigenvalue weighted by atomic mass is 16.5. The molecule has 1 saturated heterocycles. The number of hydrogen-bond donors (Lipinski definition) is 3. The number of urea groups is 1. The van der Waals surface area contributed by atoms with Gasteiger partial charge in [-0.2, -0.15) is 0 Å². The summed E-state index contributed by atoms with van der Waals surface area (Å²) in [5.74, 6) is 1.30. The van der Waals surface area contributed by atoms with Gasteiger partial charge in [-0.15, -0.1) is 0 Å². The molecule has 0 atom stereocenters. The summed E-state index contributed by atoms with van der Waals surface area (Å²) in [6.45, 7) is 11.2. The van der Waals surface area contributed by atoms with E-state index >= 15 is 0 Å². The Kier molecular flexibility index (Phi) is 8.08. The molecule has 37 heavy (non-hydrogen) atoms. The molecule has 3 amide bonds. The number of pyridine rings is 1. The largest absolute Gasteiger partial charge is 0.490 e. The SMILES string of the molecule is CCN1CCC(Oc2ccnc(C(=O)Nc3ccc(NC(=O)Nc4cc(C(C)(C)C)on4)cc3)c2)CC1. The molecule has 2 aromatic heterocycles. The number of carbonyl (C=O) groups is 2. The molecule has 0 saturated carbocycles. The molecule has 0 aliphatic carbocycles. The summed E-state index contributed by atoms with van der Waals surface area (Å²) >= 11 is 0. The molecule has 3 heterocycles. The number of nitrogens with zero attached hydrogens (tertiary/aromatic N) is 3. The monoisotopic (exact) mass is 506 g/mol. The molecule has 1 aromatic carbocycles. The first-order valence-corrected chi connectivity index (χ1v) is 12.5. The van der Waals surface area contributed by atoms with Crippen molar-refractivity contribution in [2.75, 3.05) is 35.6 Å². The molecule has 0 radical (unpaired) electrons. The van der Waals surface area contributed by atoms with Crippen molar-refractivity contribution < 1.29 is 18.8 Å². The summed E-state index contributed by atoms with van der Waals surface area (Å²) < 4.78 is 11.4. The van der Waals surface area contributed by atoms with E-state index in [1.807, 2.05) is 20.8 Å². The number of nitrogens with one attached hydrogen (secondary N) is 3. The number of piperidine rings is 1. The fraction of sp³-hybridized carbons (Fsp3) is 0.407. The third-order valence-electron chi connectivity index (χ3n) is 6.14. The first-order valence-electron chi connectivity index (χ1n) is 12.5. The maximum absolute atomic E-state index is 12.7. The van der Waals surface area contributed by atoms with Crippen LogP contribution in [0.15, 0.2) is 53.2 Å². The van der Waals surface area contributed by atoms with Crippen LogP contribution in [0.1, 0.15) is 56.8 Å². The molecule has 10 heteroatoms. The highest BCUT2D eigenvalue weighted by Crippen LogP contribution is 2.25. The van der Waals surface area contributed by atoms with Crippen LogP contribution < -0.4 is 20.7 Å². The van der Waals surface area contributed by atoms with Crippen LogP contribution in [0.25, 0.3) is 0 Å². The Labute approximate surface area is 216 Å². The zero-order valence-corrected chi connectivity index (χ0v) is 21.7. The Balaban J connectivity index is 1.28. The van der Waals surface area contributed by atoms with Gasteiger partial charge in [-0.05, 0) is 49.7 Å². The minimum Gasteiger partial charge on any atom is -0.490 e. The van der Waals surface area contributed by atoms with Crippen LogP contribution in [0, 0.1) is 0 Å². The number of aromatic nitrogens is 2. The Bertz CT molecular complexity index is 1210. The molecule has 3 N–H and O–H groups in total. The quantitative estimate of drug-likeness (QED) is 0.406. The minimum absolute atomic E-state index is 0.142. The average molecular weight is 507 g/mol. The summed E-state index contributed by atoms with van der Waals surface area (Å²) in [7, 11) is 0. The average Bonchev–Trinajstić information content (AvgIpc) is 3.35. The molecule has 196 valence electrons. The van der Waals surface area contributed by atoms with Gasteiger partial charge < -0.3 is 24.8 Å². The maximum Gasteiger partial charge on any atom is 0.324 e. The van der Waals surface area contributed by atoms with Crippen molar-refractivity contribution in [1.29, 1.82) is 0 Å². The van der Waals surface area contributed by atoms with Crippen LogP contribution in [0.3, 0.4) is 0 Å². The van der Waals surface area contributed by atoms with Crippen LogP contribution in [0.4, 0.5) is 22.0 Å². The van der Waals surface area contributed by atoms with E-state index in [1.165, 1.54) is 0 Å².